The van der Waals surface area contributed by atoms with Crippen molar-refractivity contribution in [3.8, 4) is 0 Å². The van der Waals surface area contributed by atoms with Gasteiger partial charge in [-0.25, -0.2) is 5.43 Å². The zero-order valence-electron chi connectivity index (χ0n) is 10.2. The summed E-state index contributed by atoms with van der Waals surface area (Å²) in [5.74, 6) is -0.509. The highest BCUT2D eigenvalue weighted by atomic mass is 16.3. The fourth-order valence-corrected chi connectivity index (χ4v) is 1.48. The molecule has 0 radical (unpaired) electrons. The SMILES string of the molecule is CCC(O)(CC)CNC(=O)C1=NNC(=O)CC1. The summed E-state index contributed by atoms with van der Waals surface area (Å²) >= 11 is 0. The third-order valence-electron chi connectivity index (χ3n) is 3.06. The Morgan fingerprint density at radius 3 is 2.59 bits per heavy atom. The molecule has 0 aromatic carbocycles. The van der Waals surface area contributed by atoms with E-state index < -0.39 is 5.60 Å². The van der Waals surface area contributed by atoms with Crippen molar-refractivity contribution in [3.05, 3.63) is 0 Å². The molecule has 1 heterocycles. The second-order valence-electron chi connectivity index (χ2n) is 4.21. The van der Waals surface area contributed by atoms with Gasteiger partial charge in [-0.1, -0.05) is 13.8 Å². The van der Waals surface area contributed by atoms with E-state index in [1.54, 1.807) is 0 Å². The Hall–Kier alpha value is -1.43. The Labute approximate surface area is 100 Å². The van der Waals surface area contributed by atoms with Gasteiger partial charge in [0.25, 0.3) is 5.91 Å². The minimum atomic E-state index is -0.867. The van der Waals surface area contributed by atoms with Crippen molar-refractivity contribution in [1.29, 1.82) is 0 Å². The zero-order valence-corrected chi connectivity index (χ0v) is 10.2. The van der Waals surface area contributed by atoms with Gasteiger partial charge < -0.3 is 10.4 Å². The van der Waals surface area contributed by atoms with Crippen LogP contribution in [0.25, 0.3) is 0 Å². The number of rotatable bonds is 5. The molecule has 6 heteroatoms. The average Bonchev–Trinajstić information content (AvgIpc) is 2.36. The molecule has 1 aliphatic heterocycles. The van der Waals surface area contributed by atoms with Gasteiger partial charge in [0.1, 0.15) is 5.71 Å². The third-order valence-corrected chi connectivity index (χ3v) is 3.06. The highest BCUT2D eigenvalue weighted by molar-refractivity contribution is 6.39. The summed E-state index contributed by atoms with van der Waals surface area (Å²) in [7, 11) is 0. The molecule has 0 aromatic rings. The van der Waals surface area contributed by atoms with Crippen molar-refractivity contribution in [2.24, 2.45) is 5.10 Å². The molecule has 0 bridgehead atoms. The summed E-state index contributed by atoms with van der Waals surface area (Å²) in [4.78, 5) is 22.5. The first-order valence-electron chi connectivity index (χ1n) is 5.86. The van der Waals surface area contributed by atoms with E-state index in [0.717, 1.165) is 0 Å². The van der Waals surface area contributed by atoms with Crippen molar-refractivity contribution < 1.29 is 14.7 Å². The van der Waals surface area contributed by atoms with Gasteiger partial charge >= 0.3 is 0 Å². The number of hydrazone groups is 1. The fraction of sp³-hybridized carbons (Fsp3) is 0.727. The van der Waals surface area contributed by atoms with Crippen LogP contribution < -0.4 is 10.7 Å². The van der Waals surface area contributed by atoms with Gasteiger partial charge in [0.15, 0.2) is 0 Å². The molecule has 2 amide bonds. The van der Waals surface area contributed by atoms with Gasteiger partial charge in [0, 0.05) is 19.4 Å². The largest absolute Gasteiger partial charge is 0.388 e. The number of amides is 2. The molecule has 96 valence electrons. The van der Waals surface area contributed by atoms with Crippen LogP contribution in [0.15, 0.2) is 5.10 Å². The summed E-state index contributed by atoms with van der Waals surface area (Å²) in [6, 6.07) is 0. The second-order valence-corrected chi connectivity index (χ2v) is 4.21. The highest BCUT2D eigenvalue weighted by Crippen LogP contribution is 2.12. The number of hydrogen-bond donors (Lipinski definition) is 3. The first-order valence-corrected chi connectivity index (χ1v) is 5.86. The Balaban J connectivity index is 2.47. The number of hydrogen-bond acceptors (Lipinski definition) is 4. The van der Waals surface area contributed by atoms with Crippen LogP contribution >= 0.6 is 0 Å². The van der Waals surface area contributed by atoms with Crippen molar-refractivity contribution >= 4 is 17.5 Å². The minimum Gasteiger partial charge on any atom is -0.388 e. The van der Waals surface area contributed by atoms with E-state index in [4.69, 9.17) is 0 Å². The third kappa shape index (κ3) is 3.81. The molecule has 0 atom stereocenters. The standard InChI is InChI=1S/C11H19N3O3/c1-3-11(17,4-2)7-12-10(16)8-5-6-9(15)14-13-8/h17H,3-7H2,1-2H3,(H,12,16)(H,14,15). The summed E-state index contributed by atoms with van der Waals surface area (Å²) in [5, 5.41) is 16.3. The lowest BCUT2D eigenvalue weighted by Gasteiger charge is -2.25. The van der Waals surface area contributed by atoms with Crippen LogP contribution in [0.2, 0.25) is 0 Å². The number of nitrogens with zero attached hydrogens (tertiary/aromatic N) is 1. The normalized spacial score (nSPS) is 16.2. The monoisotopic (exact) mass is 241 g/mol. The average molecular weight is 241 g/mol. The van der Waals surface area contributed by atoms with Crippen molar-refractivity contribution in [1.82, 2.24) is 10.7 Å². The van der Waals surface area contributed by atoms with Gasteiger partial charge in [-0.2, -0.15) is 5.10 Å². The van der Waals surface area contributed by atoms with E-state index in [0.29, 0.717) is 25.0 Å². The van der Waals surface area contributed by atoms with Crippen LogP contribution in [0.5, 0.6) is 0 Å². The molecule has 6 nitrogen and oxygen atoms in total. The minimum absolute atomic E-state index is 0.180. The molecule has 0 saturated carbocycles. The van der Waals surface area contributed by atoms with Crippen LogP contribution in [0.3, 0.4) is 0 Å². The number of nitrogens with one attached hydrogen (secondary N) is 2. The van der Waals surface area contributed by atoms with Gasteiger partial charge in [-0.05, 0) is 12.8 Å². The zero-order chi connectivity index (χ0) is 12.9. The van der Waals surface area contributed by atoms with E-state index >= 15 is 0 Å². The molecule has 0 unspecified atom stereocenters. The molecule has 0 spiro atoms. The summed E-state index contributed by atoms with van der Waals surface area (Å²) in [6.07, 6.45) is 1.77. The van der Waals surface area contributed by atoms with Gasteiger partial charge in [0.2, 0.25) is 5.91 Å². The van der Waals surface area contributed by atoms with Crippen LogP contribution in [-0.4, -0.2) is 34.8 Å². The number of aliphatic hydroxyl groups is 1. The lowest BCUT2D eigenvalue weighted by atomic mass is 9.97. The maximum atomic E-state index is 11.7. The molecular formula is C11H19N3O3. The number of carbonyl (C=O) groups is 2. The second kappa shape index (κ2) is 5.77. The van der Waals surface area contributed by atoms with Crippen LogP contribution in [-0.2, 0) is 9.59 Å². The first-order chi connectivity index (χ1) is 8.00. The molecule has 3 N–H and O–H groups in total. The molecule has 0 fully saturated rings. The van der Waals surface area contributed by atoms with E-state index in [9.17, 15) is 14.7 Å². The van der Waals surface area contributed by atoms with Gasteiger partial charge in [0.05, 0.1) is 5.60 Å². The predicted octanol–water partition coefficient (Wildman–Crippen LogP) is -0.0803. The fourth-order valence-electron chi connectivity index (χ4n) is 1.48. The van der Waals surface area contributed by atoms with Crippen molar-refractivity contribution in [2.45, 2.75) is 45.1 Å². The van der Waals surface area contributed by atoms with Crippen LogP contribution in [0, 0.1) is 0 Å². The van der Waals surface area contributed by atoms with Crippen molar-refractivity contribution in [2.75, 3.05) is 6.54 Å². The molecule has 17 heavy (non-hydrogen) atoms. The summed E-state index contributed by atoms with van der Waals surface area (Å²) in [6.45, 7) is 3.94. The molecule has 1 rings (SSSR count). The lowest BCUT2D eigenvalue weighted by Crippen LogP contribution is -2.45. The van der Waals surface area contributed by atoms with E-state index in [-0.39, 0.29) is 24.8 Å². The summed E-state index contributed by atoms with van der Waals surface area (Å²) in [5.41, 5.74) is 1.70. The van der Waals surface area contributed by atoms with Crippen molar-refractivity contribution in [3.63, 3.8) is 0 Å². The Bertz CT molecular complexity index is 335. The van der Waals surface area contributed by atoms with E-state index in [1.165, 1.54) is 0 Å². The predicted molar refractivity (Wildman–Crippen MR) is 63.4 cm³/mol. The molecule has 0 aromatic heterocycles. The Morgan fingerprint density at radius 1 is 1.47 bits per heavy atom. The van der Waals surface area contributed by atoms with Crippen LogP contribution in [0.1, 0.15) is 39.5 Å². The molecule has 0 aliphatic carbocycles. The molecule has 1 aliphatic rings. The van der Waals surface area contributed by atoms with Gasteiger partial charge in [-0.3, -0.25) is 9.59 Å². The summed E-state index contributed by atoms with van der Waals surface area (Å²) < 4.78 is 0. The quantitative estimate of drug-likeness (QED) is 0.628. The lowest BCUT2D eigenvalue weighted by molar-refractivity contribution is -0.121. The van der Waals surface area contributed by atoms with E-state index in [2.05, 4.69) is 15.8 Å². The maximum absolute atomic E-state index is 11.7. The Morgan fingerprint density at radius 2 is 2.12 bits per heavy atom. The highest BCUT2D eigenvalue weighted by Gasteiger charge is 2.25. The maximum Gasteiger partial charge on any atom is 0.267 e. The topological polar surface area (TPSA) is 90.8 Å². The smallest absolute Gasteiger partial charge is 0.267 e. The number of carbonyl (C=O) groups excluding carboxylic acids is 2. The van der Waals surface area contributed by atoms with Crippen LogP contribution in [0.4, 0.5) is 0 Å². The Kier molecular flexibility index (Phi) is 4.62. The first kappa shape index (κ1) is 13.6. The van der Waals surface area contributed by atoms with Gasteiger partial charge in [-0.15, -0.1) is 0 Å². The molecule has 0 saturated heterocycles. The van der Waals surface area contributed by atoms with E-state index in [1.807, 2.05) is 13.8 Å². The molecular weight excluding hydrogens is 222 g/mol.